The number of carbonyl (C=O) groups is 3. The molecule has 0 radical (unpaired) electrons. The molecular weight excluding hydrogens is 490 g/mol. The van der Waals surface area contributed by atoms with Crippen molar-refractivity contribution in [3.63, 3.8) is 0 Å². The van der Waals surface area contributed by atoms with Crippen LogP contribution in [0.3, 0.4) is 0 Å². The molecule has 0 aromatic carbocycles. The number of esters is 3. The first-order valence-electron chi connectivity index (χ1n) is 14.2. The summed E-state index contributed by atoms with van der Waals surface area (Å²) in [5.41, 5.74) is -2.08. The van der Waals surface area contributed by atoms with Crippen LogP contribution in [0.2, 0.25) is 0 Å². The molecule has 6 saturated carbocycles. The van der Waals surface area contributed by atoms with Crippen LogP contribution in [0, 0.1) is 39.9 Å². The predicted octanol–water partition coefficient (Wildman–Crippen LogP) is 1.59. The van der Waals surface area contributed by atoms with E-state index in [-0.39, 0.29) is 35.8 Å². The van der Waals surface area contributed by atoms with Crippen molar-refractivity contribution in [2.75, 3.05) is 6.54 Å². The summed E-state index contributed by atoms with van der Waals surface area (Å²) in [4.78, 5) is 40.6. The fourth-order valence-electron chi connectivity index (χ4n) is 11.9. The van der Waals surface area contributed by atoms with Crippen molar-refractivity contribution in [3.05, 3.63) is 12.2 Å². The predicted molar refractivity (Wildman–Crippen MR) is 132 cm³/mol. The number of fused-ring (bicyclic) bond motifs is 1. The number of nitrogens with zero attached hydrogens (tertiary/aromatic N) is 1. The van der Waals surface area contributed by atoms with Gasteiger partial charge < -0.3 is 24.4 Å². The molecular formula is C29H39NO8. The van der Waals surface area contributed by atoms with Gasteiger partial charge in [-0.3, -0.25) is 19.3 Å². The largest absolute Gasteiger partial charge is 0.458 e. The van der Waals surface area contributed by atoms with Crippen LogP contribution in [0.25, 0.3) is 0 Å². The second kappa shape index (κ2) is 7.21. The number of rotatable bonds is 5. The van der Waals surface area contributed by atoms with Crippen molar-refractivity contribution in [2.45, 2.75) is 102 Å². The van der Waals surface area contributed by atoms with Gasteiger partial charge >= 0.3 is 17.9 Å². The highest BCUT2D eigenvalue weighted by Crippen LogP contribution is 2.88. The highest BCUT2D eigenvalue weighted by Gasteiger charge is 2.97. The van der Waals surface area contributed by atoms with Crippen molar-refractivity contribution in [3.8, 4) is 0 Å². The van der Waals surface area contributed by atoms with Crippen LogP contribution < -0.4 is 0 Å². The van der Waals surface area contributed by atoms with Gasteiger partial charge in [0.15, 0.2) is 5.60 Å². The topological polar surface area (TPSA) is 123 Å². The SMILES string of the molecule is C=C1C[C@@]23C[C@H]4[C@@H]5[C@]6(C)CN4[C@H]4[C@]5(C[C@@H](OC(=O)C(C)CC)[C@H]6OC(C)=O)[C@@H]2[C@H](O)[C@@H]1[C@@H](O)[C@]43OC(C)=O. The van der Waals surface area contributed by atoms with Gasteiger partial charge in [-0.05, 0) is 31.6 Å². The zero-order chi connectivity index (χ0) is 27.3. The van der Waals surface area contributed by atoms with Crippen molar-refractivity contribution in [2.24, 2.45) is 39.9 Å². The lowest BCUT2D eigenvalue weighted by Gasteiger charge is -2.68. The molecule has 2 unspecified atom stereocenters. The van der Waals surface area contributed by atoms with Crippen LogP contribution in [-0.2, 0) is 28.6 Å². The minimum absolute atomic E-state index is 0.0328. The summed E-state index contributed by atoms with van der Waals surface area (Å²) in [6, 6.07) is -0.178. The third-order valence-electron chi connectivity index (χ3n) is 12.3. The van der Waals surface area contributed by atoms with Crippen molar-refractivity contribution >= 4 is 17.9 Å². The van der Waals surface area contributed by atoms with E-state index in [4.69, 9.17) is 14.2 Å². The van der Waals surface area contributed by atoms with Crippen molar-refractivity contribution in [1.82, 2.24) is 4.90 Å². The Hall–Kier alpha value is -1.97. The second-order valence-electron chi connectivity index (χ2n) is 13.8. The van der Waals surface area contributed by atoms with E-state index < -0.39 is 64.1 Å². The molecule has 3 saturated heterocycles. The van der Waals surface area contributed by atoms with E-state index >= 15 is 0 Å². The fourth-order valence-corrected chi connectivity index (χ4v) is 11.9. The zero-order valence-electron chi connectivity index (χ0n) is 22.8. The molecule has 9 heteroatoms. The maximum absolute atomic E-state index is 13.1. The molecule has 9 rings (SSSR count). The minimum Gasteiger partial charge on any atom is -0.458 e. The summed E-state index contributed by atoms with van der Waals surface area (Å²) in [5.74, 6) is -2.29. The van der Waals surface area contributed by atoms with Gasteiger partial charge in [0.05, 0.1) is 18.1 Å². The summed E-state index contributed by atoms with van der Waals surface area (Å²) in [6.45, 7) is 13.5. The third-order valence-corrected chi connectivity index (χ3v) is 12.3. The number of carbonyl (C=O) groups excluding carboxylic acids is 3. The van der Waals surface area contributed by atoms with Gasteiger partial charge in [-0.15, -0.1) is 0 Å². The Morgan fingerprint density at radius 2 is 1.84 bits per heavy atom. The fraction of sp³-hybridized carbons (Fsp3) is 0.828. The zero-order valence-corrected chi connectivity index (χ0v) is 22.8. The molecule has 3 aliphatic heterocycles. The van der Waals surface area contributed by atoms with Crippen LogP contribution in [0.4, 0.5) is 0 Å². The second-order valence-corrected chi connectivity index (χ2v) is 13.8. The molecule has 3 heterocycles. The quantitative estimate of drug-likeness (QED) is 0.311. The lowest BCUT2D eigenvalue weighted by Crippen LogP contribution is -2.77. The van der Waals surface area contributed by atoms with Gasteiger partial charge in [-0.2, -0.15) is 0 Å². The number of aliphatic hydroxyl groups is 2. The molecule has 2 spiro atoms. The molecule has 0 amide bonds. The molecule has 9 fully saturated rings. The molecule has 0 aromatic rings. The number of hydrogen-bond donors (Lipinski definition) is 2. The van der Waals surface area contributed by atoms with Gasteiger partial charge in [0.1, 0.15) is 18.3 Å². The van der Waals surface area contributed by atoms with Crippen LogP contribution in [0.5, 0.6) is 0 Å². The number of aliphatic hydroxyl groups excluding tert-OH is 2. The van der Waals surface area contributed by atoms with Gasteiger partial charge in [-0.1, -0.05) is 32.9 Å². The maximum Gasteiger partial charge on any atom is 0.309 e. The van der Waals surface area contributed by atoms with Crippen LogP contribution in [0.1, 0.15) is 60.3 Å². The Labute approximate surface area is 222 Å². The van der Waals surface area contributed by atoms with Gasteiger partial charge in [0, 0.05) is 54.5 Å². The van der Waals surface area contributed by atoms with Crippen LogP contribution in [-0.4, -0.2) is 81.7 Å². The number of ether oxygens (including phenoxy) is 3. The van der Waals surface area contributed by atoms with Crippen LogP contribution >= 0.6 is 0 Å². The summed E-state index contributed by atoms with van der Waals surface area (Å²) < 4.78 is 18.5. The molecule has 0 aromatic heterocycles. The molecule has 208 valence electrons. The summed E-state index contributed by atoms with van der Waals surface area (Å²) in [6.07, 6.45) is -0.935. The molecule has 6 aliphatic carbocycles. The first kappa shape index (κ1) is 25.0. The number of hydrogen-bond acceptors (Lipinski definition) is 9. The first-order valence-corrected chi connectivity index (χ1v) is 14.2. The Morgan fingerprint density at radius 3 is 2.47 bits per heavy atom. The van der Waals surface area contributed by atoms with Gasteiger partial charge in [0.2, 0.25) is 0 Å². The molecule has 9 nitrogen and oxygen atoms in total. The van der Waals surface area contributed by atoms with E-state index in [0.29, 0.717) is 32.2 Å². The van der Waals surface area contributed by atoms with E-state index in [1.807, 2.05) is 13.8 Å². The van der Waals surface area contributed by atoms with Gasteiger partial charge in [0.25, 0.3) is 0 Å². The standard InChI is InChI=1S/C29H39NO8/c1-7-12(2)24(35)37-17-10-28-20-16-9-27-8-13(3)18(19(33)21(27)28)22(34)29(27,38-15(5)32)25(28)30(16)11-26(20,6)23(17)36-14(4)31/h12,16-23,25,33-34H,3,7-11H2,1-2,4-6H3/t12?,16-,17+,18+,19+,20+,21+,22+,23+,25-,26-,27+,28-,29-/m0/s1. The van der Waals surface area contributed by atoms with Crippen molar-refractivity contribution < 1.29 is 38.8 Å². The Bertz CT molecular complexity index is 1170. The Balaban J connectivity index is 1.43. The highest BCUT2D eigenvalue weighted by molar-refractivity contribution is 5.72. The minimum atomic E-state index is -1.17. The van der Waals surface area contributed by atoms with E-state index in [0.717, 1.165) is 5.57 Å². The van der Waals surface area contributed by atoms with E-state index in [9.17, 15) is 24.6 Å². The van der Waals surface area contributed by atoms with Crippen molar-refractivity contribution in [1.29, 1.82) is 0 Å². The van der Waals surface area contributed by atoms with Gasteiger partial charge in [-0.25, -0.2) is 0 Å². The lowest BCUT2D eigenvalue weighted by molar-refractivity contribution is -0.288. The smallest absolute Gasteiger partial charge is 0.309 e. The molecule has 9 aliphatic rings. The number of piperidine rings is 2. The normalized spacial score (nSPS) is 56.7. The molecule has 15 atom stereocenters. The average Bonchev–Trinajstić information content (AvgIpc) is 3.25. The summed E-state index contributed by atoms with van der Waals surface area (Å²) >= 11 is 0. The first-order chi connectivity index (χ1) is 17.8. The molecule has 2 N–H and O–H groups in total. The third kappa shape index (κ3) is 2.34. The maximum atomic E-state index is 13.1. The van der Waals surface area contributed by atoms with E-state index in [1.54, 1.807) is 0 Å². The van der Waals surface area contributed by atoms with E-state index in [2.05, 4.69) is 18.4 Å². The monoisotopic (exact) mass is 529 g/mol. The summed E-state index contributed by atoms with van der Waals surface area (Å²) in [5, 5.41) is 23.9. The highest BCUT2D eigenvalue weighted by atomic mass is 16.6. The molecule has 9 bridgehead atoms. The Kier molecular flexibility index (Phi) is 4.75. The average molecular weight is 530 g/mol. The lowest BCUT2D eigenvalue weighted by atomic mass is 9.38. The van der Waals surface area contributed by atoms with E-state index in [1.165, 1.54) is 13.8 Å². The summed E-state index contributed by atoms with van der Waals surface area (Å²) in [7, 11) is 0. The van der Waals surface area contributed by atoms with Crippen LogP contribution in [0.15, 0.2) is 12.2 Å². The Morgan fingerprint density at radius 1 is 1.13 bits per heavy atom. The molecule has 38 heavy (non-hydrogen) atoms.